The molecule has 0 atom stereocenters. The third kappa shape index (κ3) is 1.20. The topological polar surface area (TPSA) is 25.0 Å². The number of hydrogen-bond donors (Lipinski definition) is 1. The fourth-order valence-corrected chi connectivity index (χ4v) is 1.64. The van der Waals surface area contributed by atoms with E-state index in [4.69, 9.17) is 4.74 Å². The van der Waals surface area contributed by atoms with E-state index in [1.165, 1.54) is 10.9 Å². The maximum atomic E-state index is 5.14. The molecule has 1 aromatic carbocycles. The molecule has 1 heterocycles. The Balaban J connectivity index is 2.72. The Bertz CT molecular complexity index is 482. The van der Waals surface area contributed by atoms with Gasteiger partial charge in [0.1, 0.15) is 5.76 Å². The molecule has 2 heteroatoms. The molecule has 0 aliphatic carbocycles. The van der Waals surface area contributed by atoms with Crippen molar-refractivity contribution in [3.63, 3.8) is 0 Å². The van der Waals surface area contributed by atoms with Crippen LogP contribution in [0.15, 0.2) is 31.0 Å². The van der Waals surface area contributed by atoms with E-state index in [9.17, 15) is 0 Å². The molecule has 1 aromatic heterocycles. The minimum absolute atomic E-state index is 0.692. The number of benzene rings is 1. The van der Waals surface area contributed by atoms with Crippen molar-refractivity contribution in [3.8, 4) is 0 Å². The van der Waals surface area contributed by atoms with Gasteiger partial charge in [-0.1, -0.05) is 12.6 Å². The fraction of sp³-hybridized carbons (Fsp3) is 0.167. The normalized spacial score (nSPS) is 10.4. The number of nitrogens with one attached hydrogen (secondary N) is 1. The molecular formula is C12H13NO. The summed E-state index contributed by atoms with van der Waals surface area (Å²) in [5, 5.41) is 1.22. The number of methoxy groups -OCH3 is 1. The predicted molar refractivity (Wildman–Crippen MR) is 59.1 cm³/mol. The summed E-state index contributed by atoms with van der Waals surface area (Å²) in [5.41, 5.74) is 3.38. The number of aromatic nitrogens is 1. The standard InChI is InChI=1S/C12H13NO/c1-8-4-5-11(9(2)14-3)12-10(8)6-7-13-12/h4-7,13H,2H2,1,3H3. The van der Waals surface area contributed by atoms with Crippen molar-refractivity contribution in [1.29, 1.82) is 0 Å². The minimum Gasteiger partial charge on any atom is -0.497 e. The fourth-order valence-electron chi connectivity index (χ4n) is 1.64. The Morgan fingerprint density at radius 3 is 2.86 bits per heavy atom. The van der Waals surface area contributed by atoms with Crippen LogP contribution in [0, 0.1) is 6.92 Å². The van der Waals surface area contributed by atoms with Crippen LogP contribution in [0.1, 0.15) is 11.1 Å². The van der Waals surface area contributed by atoms with Crippen LogP contribution in [0.2, 0.25) is 0 Å². The first-order valence-electron chi connectivity index (χ1n) is 4.54. The molecule has 1 N–H and O–H groups in total. The molecule has 2 rings (SSSR count). The lowest BCUT2D eigenvalue weighted by molar-refractivity contribution is 0.372. The first kappa shape index (κ1) is 8.88. The maximum absolute atomic E-state index is 5.14. The second-order valence-corrected chi connectivity index (χ2v) is 3.32. The molecule has 0 aliphatic rings. The van der Waals surface area contributed by atoms with Crippen LogP contribution < -0.4 is 0 Å². The lowest BCUT2D eigenvalue weighted by Crippen LogP contribution is -1.88. The molecule has 0 unspecified atom stereocenters. The summed E-state index contributed by atoms with van der Waals surface area (Å²) in [6.45, 7) is 5.95. The quantitative estimate of drug-likeness (QED) is 0.718. The molecule has 0 radical (unpaired) electrons. The number of ether oxygens (including phenoxy) is 1. The van der Waals surface area contributed by atoms with Gasteiger partial charge in [0, 0.05) is 17.1 Å². The first-order valence-corrected chi connectivity index (χ1v) is 4.54. The monoisotopic (exact) mass is 187 g/mol. The predicted octanol–water partition coefficient (Wildman–Crippen LogP) is 3.09. The molecule has 0 amide bonds. The van der Waals surface area contributed by atoms with E-state index in [2.05, 4.69) is 30.6 Å². The summed E-state index contributed by atoms with van der Waals surface area (Å²) >= 11 is 0. The Labute approximate surface area is 83.2 Å². The van der Waals surface area contributed by atoms with Crippen molar-refractivity contribution in [2.24, 2.45) is 0 Å². The largest absolute Gasteiger partial charge is 0.497 e. The number of fused-ring (bicyclic) bond motifs is 1. The third-order valence-electron chi connectivity index (χ3n) is 2.49. The van der Waals surface area contributed by atoms with Gasteiger partial charge in [0.25, 0.3) is 0 Å². The van der Waals surface area contributed by atoms with Gasteiger partial charge >= 0.3 is 0 Å². The SMILES string of the molecule is C=C(OC)c1ccc(C)c2cc[nH]c12. The summed E-state index contributed by atoms with van der Waals surface area (Å²) < 4.78 is 5.14. The lowest BCUT2D eigenvalue weighted by Gasteiger charge is -2.06. The van der Waals surface area contributed by atoms with Gasteiger partial charge in [-0.05, 0) is 24.6 Å². The van der Waals surface area contributed by atoms with Crippen LogP contribution in [-0.2, 0) is 4.74 Å². The smallest absolute Gasteiger partial charge is 0.121 e. The second-order valence-electron chi connectivity index (χ2n) is 3.32. The van der Waals surface area contributed by atoms with Crippen LogP contribution in [0.25, 0.3) is 16.7 Å². The van der Waals surface area contributed by atoms with Crippen molar-refractivity contribution >= 4 is 16.7 Å². The van der Waals surface area contributed by atoms with Crippen LogP contribution >= 0.6 is 0 Å². The number of hydrogen-bond acceptors (Lipinski definition) is 1. The number of aromatic amines is 1. The highest BCUT2D eigenvalue weighted by Gasteiger charge is 2.07. The van der Waals surface area contributed by atoms with Crippen molar-refractivity contribution in [2.45, 2.75) is 6.92 Å². The highest BCUT2D eigenvalue weighted by atomic mass is 16.5. The Kier molecular flexibility index (Phi) is 2.04. The van der Waals surface area contributed by atoms with Crippen molar-refractivity contribution in [3.05, 3.63) is 42.1 Å². The first-order chi connectivity index (χ1) is 6.74. The summed E-state index contributed by atoms with van der Waals surface area (Å²) in [5.74, 6) is 0.692. The molecule has 0 spiro atoms. The average Bonchev–Trinajstić information content (AvgIpc) is 2.67. The van der Waals surface area contributed by atoms with E-state index in [0.29, 0.717) is 5.76 Å². The summed E-state index contributed by atoms with van der Waals surface area (Å²) in [7, 11) is 1.64. The minimum atomic E-state index is 0.692. The molecule has 14 heavy (non-hydrogen) atoms. The molecule has 2 aromatic rings. The van der Waals surface area contributed by atoms with Gasteiger partial charge in [-0.15, -0.1) is 0 Å². The molecule has 0 fully saturated rings. The zero-order valence-electron chi connectivity index (χ0n) is 8.42. The Morgan fingerprint density at radius 2 is 2.14 bits per heavy atom. The summed E-state index contributed by atoms with van der Waals surface area (Å²) in [6, 6.07) is 6.17. The van der Waals surface area contributed by atoms with Crippen LogP contribution in [-0.4, -0.2) is 12.1 Å². The van der Waals surface area contributed by atoms with Crippen molar-refractivity contribution in [1.82, 2.24) is 4.98 Å². The van der Waals surface area contributed by atoms with E-state index in [1.54, 1.807) is 7.11 Å². The molecule has 0 bridgehead atoms. The molecule has 72 valence electrons. The molecule has 2 nitrogen and oxygen atoms in total. The van der Waals surface area contributed by atoms with Gasteiger partial charge in [0.05, 0.1) is 12.6 Å². The average molecular weight is 187 g/mol. The van der Waals surface area contributed by atoms with Crippen LogP contribution in [0.5, 0.6) is 0 Å². The second kappa shape index (κ2) is 3.22. The van der Waals surface area contributed by atoms with Gasteiger partial charge < -0.3 is 9.72 Å². The summed E-state index contributed by atoms with van der Waals surface area (Å²) in [6.07, 6.45) is 1.93. The van der Waals surface area contributed by atoms with E-state index >= 15 is 0 Å². The molecule has 0 aliphatic heterocycles. The maximum Gasteiger partial charge on any atom is 0.121 e. The van der Waals surface area contributed by atoms with E-state index < -0.39 is 0 Å². The number of H-pyrrole nitrogens is 1. The van der Waals surface area contributed by atoms with Gasteiger partial charge in [-0.25, -0.2) is 0 Å². The zero-order chi connectivity index (χ0) is 10.1. The third-order valence-corrected chi connectivity index (χ3v) is 2.49. The van der Waals surface area contributed by atoms with E-state index in [-0.39, 0.29) is 0 Å². The van der Waals surface area contributed by atoms with Crippen LogP contribution in [0.4, 0.5) is 0 Å². The van der Waals surface area contributed by atoms with Crippen molar-refractivity contribution < 1.29 is 4.74 Å². The van der Waals surface area contributed by atoms with Gasteiger partial charge in [0.2, 0.25) is 0 Å². The number of aryl methyl sites for hydroxylation is 1. The van der Waals surface area contributed by atoms with Gasteiger partial charge in [0.15, 0.2) is 0 Å². The zero-order valence-corrected chi connectivity index (χ0v) is 8.42. The Hall–Kier alpha value is -1.70. The highest BCUT2D eigenvalue weighted by molar-refractivity contribution is 5.91. The van der Waals surface area contributed by atoms with Crippen LogP contribution in [0.3, 0.4) is 0 Å². The van der Waals surface area contributed by atoms with Gasteiger partial charge in [-0.2, -0.15) is 0 Å². The van der Waals surface area contributed by atoms with Gasteiger partial charge in [-0.3, -0.25) is 0 Å². The van der Waals surface area contributed by atoms with E-state index in [1.807, 2.05) is 12.3 Å². The molecular weight excluding hydrogens is 174 g/mol. The Morgan fingerprint density at radius 1 is 1.36 bits per heavy atom. The lowest BCUT2D eigenvalue weighted by atomic mass is 10.1. The summed E-state index contributed by atoms with van der Waals surface area (Å²) in [4.78, 5) is 3.20. The van der Waals surface area contributed by atoms with Crippen molar-refractivity contribution in [2.75, 3.05) is 7.11 Å². The van der Waals surface area contributed by atoms with E-state index in [0.717, 1.165) is 11.1 Å². The molecule has 0 saturated heterocycles. The number of rotatable bonds is 2. The molecule has 0 saturated carbocycles. The highest BCUT2D eigenvalue weighted by Crippen LogP contribution is 2.25.